The lowest BCUT2D eigenvalue weighted by Gasteiger charge is -1.84. The van der Waals surface area contributed by atoms with Crippen molar-refractivity contribution in [1.29, 1.82) is 0 Å². The third-order valence-electron chi connectivity index (χ3n) is 2.03. The zero-order valence-corrected chi connectivity index (χ0v) is 12.8. The zero-order valence-electron chi connectivity index (χ0n) is 12.8. The summed E-state index contributed by atoms with van der Waals surface area (Å²) in [5, 5.41) is 0.970. The van der Waals surface area contributed by atoms with Crippen LogP contribution in [0.2, 0.25) is 0 Å². The molecule has 3 aromatic rings. The number of nitrogens with zero attached hydrogens (tertiary/aromatic N) is 2. The predicted molar refractivity (Wildman–Crippen MR) is 83.4 cm³/mol. The van der Waals surface area contributed by atoms with Gasteiger partial charge >= 0.3 is 0 Å². The maximum Gasteiger partial charge on any atom is 0.153 e. The molecule has 0 N–H and O–H groups in total. The second-order valence-electron chi connectivity index (χ2n) is 2.82. The maximum absolute atomic E-state index is 5.55. The van der Waals surface area contributed by atoms with Crippen LogP contribution in [0.25, 0.3) is 22.1 Å². The van der Waals surface area contributed by atoms with Crippen LogP contribution >= 0.6 is 0 Å². The summed E-state index contributed by atoms with van der Waals surface area (Å²) in [7, 11) is 0. The van der Waals surface area contributed by atoms with Gasteiger partial charge in [-0.1, -0.05) is 41.5 Å². The van der Waals surface area contributed by atoms with Crippen LogP contribution in [0.4, 0.5) is 0 Å². The normalized spacial score (nSPS) is 8.53. The first-order valence-corrected chi connectivity index (χ1v) is 7.02. The predicted octanol–water partition coefficient (Wildman–Crippen LogP) is 5.45. The van der Waals surface area contributed by atoms with Crippen LogP contribution in [0.15, 0.2) is 41.2 Å². The van der Waals surface area contributed by atoms with E-state index < -0.39 is 0 Å². The lowest BCUT2D eigenvalue weighted by Crippen LogP contribution is -1.72. The number of rotatable bonds is 0. The molecule has 0 aliphatic carbocycles. The smallest absolute Gasteiger partial charge is 0.153 e. The SMILES string of the molecule is CC.CC.CC.c1cnc2c(c1)oc1ccncc12. The molecule has 19 heavy (non-hydrogen) atoms. The van der Waals surface area contributed by atoms with Crippen molar-refractivity contribution < 1.29 is 4.42 Å². The maximum atomic E-state index is 5.55. The first-order chi connectivity index (χ1) is 9.45. The minimum absolute atomic E-state index is 0.811. The van der Waals surface area contributed by atoms with Gasteiger partial charge in [-0.15, -0.1) is 0 Å². The van der Waals surface area contributed by atoms with Gasteiger partial charge in [0, 0.05) is 18.6 Å². The Hall–Kier alpha value is -1.90. The van der Waals surface area contributed by atoms with Crippen LogP contribution in [0.3, 0.4) is 0 Å². The summed E-state index contributed by atoms with van der Waals surface area (Å²) in [6, 6.07) is 5.61. The van der Waals surface area contributed by atoms with Gasteiger partial charge in [0.2, 0.25) is 0 Å². The number of pyridine rings is 2. The van der Waals surface area contributed by atoms with Gasteiger partial charge in [0.15, 0.2) is 5.58 Å². The molecular formula is C16H24N2O. The Morgan fingerprint density at radius 2 is 1.53 bits per heavy atom. The van der Waals surface area contributed by atoms with Gasteiger partial charge in [0.25, 0.3) is 0 Å². The largest absolute Gasteiger partial charge is 0.454 e. The number of hydrogen-bond donors (Lipinski definition) is 0. The molecule has 0 saturated heterocycles. The second kappa shape index (κ2) is 10.1. The molecule has 3 aromatic heterocycles. The Bertz CT molecular complexity index is 523. The molecule has 0 aliphatic heterocycles. The summed E-state index contributed by atoms with van der Waals surface area (Å²) in [6.07, 6.45) is 5.24. The summed E-state index contributed by atoms with van der Waals surface area (Å²) in [4.78, 5) is 8.27. The lowest BCUT2D eigenvalue weighted by atomic mass is 10.3. The van der Waals surface area contributed by atoms with Gasteiger partial charge in [-0.25, -0.2) is 0 Å². The molecule has 0 amide bonds. The first-order valence-electron chi connectivity index (χ1n) is 7.02. The number of aromatic nitrogens is 2. The average Bonchev–Trinajstić information content (AvgIpc) is 2.92. The number of furan rings is 1. The van der Waals surface area contributed by atoms with Crippen LogP contribution in [0.5, 0.6) is 0 Å². The molecule has 0 radical (unpaired) electrons. The van der Waals surface area contributed by atoms with Crippen LogP contribution in [0, 0.1) is 0 Å². The lowest BCUT2D eigenvalue weighted by molar-refractivity contribution is 0.667. The van der Waals surface area contributed by atoms with Crippen molar-refractivity contribution in [3.05, 3.63) is 36.8 Å². The van der Waals surface area contributed by atoms with E-state index in [1.54, 1.807) is 18.6 Å². The Balaban J connectivity index is 0.000000482. The molecule has 3 heterocycles. The van der Waals surface area contributed by atoms with Crippen LogP contribution in [-0.4, -0.2) is 9.97 Å². The van der Waals surface area contributed by atoms with Crippen molar-refractivity contribution in [2.75, 3.05) is 0 Å². The molecule has 0 aromatic carbocycles. The molecular weight excluding hydrogens is 236 g/mol. The summed E-state index contributed by atoms with van der Waals surface area (Å²) >= 11 is 0. The van der Waals surface area contributed by atoms with Crippen molar-refractivity contribution in [2.45, 2.75) is 41.5 Å². The van der Waals surface area contributed by atoms with E-state index in [0.29, 0.717) is 0 Å². The average molecular weight is 260 g/mol. The Labute approximate surface area is 115 Å². The standard InChI is InChI=1S/C10H6N2O.3C2H6/c1-2-9-10(12-4-1)7-6-11-5-3-8(7)13-9;3*1-2/h1-6H;3*1-2H3. The number of fused-ring (bicyclic) bond motifs is 3. The highest BCUT2D eigenvalue weighted by Crippen LogP contribution is 2.24. The van der Waals surface area contributed by atoms with Crippen molar-refractivity contribution in [3.8, 4) is 0 Å². The minimum Gasteiger partial charge on any atom is -0.454 e. The van der Waals surface area contributed by atoms with E-state index in [0.717, 1.165) is 22.1 Å². The summed E-state index contributed by atoms with van der Waals surface area (Å²) < 4.78 is 5.55. The third-order valence-corrected chi connectivity index (χ3v) is 2.03. The fourth-order valence-corrected chi connectivity index (χ4v) is 1.44. The first kappa shape index (κ1) is 17.1. The van der Waals surface area contributed by atoms with E-state index in [9.17, 15) is 0 Å². The van der Waals surface area contributed by atoms with E-state index in [1.165, 1.54) is 0 Å². The molecule has 0 atom stereocenters. The van der Waals surface area contributed by atoms with Crippen LogP contribution in [-0.2, 0) is 0 Å². The Morgan fingerprint density at radius 3 is 2.21 bits per heavy atom. The van der Waals surface area contributed by atoms with E-state index in [-0.39, 0.29) is 0 Å². The van der Waals surface area contributed by atoms with Crippen LogP contribution < -0.4 is 0 Å². The molecule has 3 nitrogen and oxygen atoms in total. The van der Waals surface area contributed by atoms with E-state index in [1.807, 2.05) is 59.7 Å². The zero-order chi connectivity index (χ0) is 14.7. The molecule has 0 saturated carbocycles. The molecule has 3 rings (SSSR count). The van der Waals surface area contributed by atoms with Crippen molar-refractivity contribution in [1.82, 2.24) is 9.97 Å². The summed E-state index contributed by atoms with van der Waals surface area (Å²) in [5.74, 6) is 0. The second-order valence-corrected chi connectivity index (χ2v) is 2.82. The van der Waals surface area contributed by atoms with Gasteiger partial charge < -0.3 is 4.42 Å². The van der Waals surface area contributed by atoms with E-state index >= 15 is 0 Å². The van der Waals surface area contributed by atoms with Crippen LogP contribution in [0.1, 0.15) is 41.5 Å². The highest BCUT2D eigenvalue weighted by Gasteiger charge is 2.05. The van der Waals surface area contributed by atoms with Gasteiger partial charge in [-0.3, -0.25) is 9.97 Å². The monoisotopic (exact) mass is 260 g/mol. The summed E-state index contributed by atoms with van der Waals surface area (Å²) in [5.41, 5.74) is 2.53. The summed E-state index contributed by atoms with van der Waals surface area (Å²) in [6.45, 7) is 12.0. The van der Waals surface area contributed by atoms with Gasteiger partial charge in [0.1, 0.15) is 11.1 Å². The van der Waals surface area contributed by atoms with Gasteiger partial charge in [-0.05, 0) is 18.2 Å². The molecule has 0 aliphatic rings. The highest BCUT2D eigenvalue weighted by molar-refractivity contribution is 6.01. The van der Waals surface area contributed by atoms with E-state index in [2.05, 4.69) is 9.97 Å². The fourth-order valence-electron chi connectivity index (χ4n) is 1.44. The fraction of sp³-hybridized carbons (Fsp3) is 0.375. The number of hydrogen-bond acceptors (Lipinski definition) is 3. The molecule has 0 fully saturated rings. The quantitative estimate of drug-likeness (QED) is 0.539. The molecule has 0 bridgehead atoms. The molecule has 0 unspecified atom stereocenters. The topological polar surface area (TPSA) is 38.9 Å². The molecule has 104 valence electrons. The third kappa shape index (κ3) is 4.05. The minimum atomic E-state index is 0.811. The molecule has 3 heteroatoms. The highest BCUT2D eigenvalue weighted by atomic mass is 16.3. The van der Waals surface area contributed by atoms with Crippen molar-refractivity contribution in [3.63, 3.8) is 0 Å². The Morgan fingerprint density at radius 1 is 0.842 bits per heavy atom. The Kier molecular flexibility index (Phi) is 9.06. The van der Waals surface area contributed by atoms with Crippen molar-refractivity contribution in [2.24, 2.45) is 0 Å². The van der Waals surface area contributed by atoms with Gasteiger partial charge in [0.05, 0.1) is 5.39 Å². The van der Waals surface area contributed by atoms with Crippen molar-refractivity contribution >= 4 is 22.1 Å². The van der Waals surface area contributed by atoms with Gasteiger partial charge in [-0.2, -0.15) is 0 Å². The van der Waals surface area contributed by atoms with E-state index in [4.69, 9.17) is 4.42 Å². The molecule has 0 spiro atoms.